The van der Waals surface area contributed by atoms with Crippen LogP contribution in [0.1, 0.15) is 106 Å². The van der Waals surface area contributed by atoms with Crippen molar-refractivity contribution in [3.8, 4) is 0 Å². The van der Waals surface area contributed by atoms with Gasteiger partial charge in [0.1, 0.15) is 0 Å². The summed E-state index contributed by atoms with van der Waals surface area (Å²) in [6.45, 7) is 17.0. The summed E-state index contributed by atoms with van der Waals surface area (Å²) in [5.41, 5.74) is 1.39. The molecule has 0 spiro atoms. The molecule has 0 aliphatic heterocycles. The topological polar surface area (TPSA) is 40.5 Å². The summed E-state index contributed by atoms with van der Waals surface area (Å²) in [4.78, 5) is 0. The molecule has 32 heavy (non-hydrogen) atoms. The fraction of sp³-hybridized carbons (Fsp3) is 0.933. The van der Waals surface area contributed by atoms with Gasteiger partial charge in [0, 0.05) is 0 Å². The fourth-order valence-corrected chi connectivity index (χ4v) is 12.1. The Hall–Kier alpha value is -0.340. The Morgan fingerprint density at radius 2 is 1.41 bits per heavy atom. The third kappa shape index (κ3) is 2.14. The van der Waals surface area contributed by atoms with Gasteiger partial charge in [0.15, 0.2) is 0 Å². The van der Waals surface area contributed by atoms with E-state index in [9.17, 15) is 10.2 Å². The average molecular weight is 441 g/mol. The maximum Gasteiger partial charge on any atom is 0.0828 e. The number of allylic oxidation sites excluding steroid dienone is 1. The van der Waals surface area contributed by atoms with Crippen molar-refractivity contribution in [3.63, 3.8) is 0 Å². The van der Waals surface area contributed by atoms with E-state index in [-0.39, 0.29) is 16.9 Å². The number of aliphatic hydroxyl groups excluding tert-OH is 1. The Morgan fingerprint density at radius 3 is 2.12 bits per heavy atom. The van der Waals surface area contributed by atoms with Gasteiger partial charge in [-0.05, 0) is 121 Å². The lowest BCUT2D eigenvalue weighted by molar-refractivity contribution is -0.214. The minimum atomic E-state index is -0.675. The van der Waals surface area contributed by atoms with E-state index in [0.29, 0.717) is 39.4 Å². The first-order chi connectivity index (χ1) is 14.7. The molecular weight excluding hydrogens is 392 g/mol. The maximum atomic E-state index is 11.2. The number of hydrogen-bond donors (Lipinski definition) is 2. The second kappa shape index (κ2) is 5.89. The predicted molar refractivity (Wildman–Crippen MR) is 130 cm³/mol. The summed E-state index contributed by atoms with van der Waals surface area (Å²) in [5.74, 6) is 2.29. The Kier molecular flexibility index (Phi) is 4.08. The van der Waals surface area contributed by atoms with E-state index in [1.807, 2.05) is 6.92 Å². The van der Waals surface area contributed by atoms with Crippen molar-refractivity contribution in [1.82, 2.24) is 0 Å². The van der Waals surface area contributed by atoms with Gasteiger partial charge in [-0.3, -0.25) is 0 Å². The second-order valence-electron chi connectivity index (χ2n) is 15.2. The third-order valence-corrected chi connectivity index (χ3v) is 14.2. The Morgan fingerprint density at radius 1 is 0.750 bits per heavy atom. The minimum absolute atomic E-state index is 0.0424. The zero-order valence-electron chi connectivity index (χ0n) is 21.8. The Labute approximate surface area is 196 Å². The first-order valence-corrected chi connectivity index (χ1v) is 13.8. The summed E-state index contributed by atoms with van der Waals surface area (Å²) in [5, 5.41) is 22.2. The molecule has 0 aromatic rings. The molecule has 5 fully saturated rings. The molecule has 6 rings (SSSR count). The van der Waals surface area contributed by atoms with Gasteiger partial charge in [0.2, 0.25) is 0 Å². The van der Waals surface area contributed by atoms with E-state index in [4.69, 9.17) is 0 Å². The fourth-order valence-electron chi connectivity index (χ4n) is 12.1. The van der Waals surface area contributed by atoms with E-state index in [0.717, 1.165) is 12.3 Å². The monoisotopic (exact) mass is 440 g/mol. The lowest BCUT2D eigenvalue weighted by Crippen LogP contribution is -2.64. The van der Waals surface area contributed by atoms with Gasteiger partial charge in [0.25, 0.3) is 0 Å². The normalized spacial score (nSPS) is 64.5. The lowest BCUT2D eigenvalue weighted by Gasteiger charge is -2.69. The summed E-state index contributed by atoms with van der Waals surface area (Å²) in [7, 11) is 0. The minimum Gasteiger partial charge on any atom is -0.393 e. The van der Waals surface area contributed by atoms with Crippen LogP contribution < -0.4 is 0 Å². The van der Waals surface area contributed by atoms with Crippen molar-refractivity contribution >= 4 is 0 Å². The molecule has 0 amide bonds. The molecule has 0 saturated heterocycles. The number of aliphatic hydroxyl groups is 2. The molecule has 0 radical (unpaired) electrons. The van der Waals surface area contributed by atoms with Crippen LogP contribution in [0.25, 0.3) is 0 Å². The van der Waals surface area contributed by atoms with E-state index in [1.165, 1.54) is 51.4 Å². The lowest BCUT2D eigenvalue weighted by atomic mass is 9.35. The van der Waals surface area contributed by atoms with E-state index in [1.54, 1.807) is 0 Å². The molecule has 0 heterocycles. The molecule has 11 unspecified atom stereocenters. The first-order valence-electron chi connectivity index (χ1n) is 13.8. The Bertz CT molecular complexity index is 872. The molecule has 11 atom stereocenters. The third-order valence-electron chi connectivity index (χ3n) is 14.2. The highest BCUT2D eigenvalue weighted by atomic mass is 16.3. The van der Waals surface area contributed by atoms with Crippen LogP contribution in [0, 0.1) is 56.2 Å². The van der Waals surface area contributed by atoms with Crippen LogP contribution in [-0.4, -0.2) is 21.9 Å². The van der Waals surface area contributed by atoms with Crippen molar-refractivity contribution in [2.75, 3.05) is 0 Å². The quantitative estimate of drug-likeness (QED) is 0.409. The highest BCUT2D eigenvalue weighted by Gasteiger charge is 2.85. The standard InChI is InChI=1S/C30H48O2/c1-19-23-20-8-12-30-18-29(30,13-9-21-24(2,3)22(31)10-11-27(21,30)6)26(20,5)16-14-25(23,4)15-17-28(19,7)32/h15,17,19-23,31-32H,8-14,16,18H2,1-7H3. The summed E-state index contributed by atoms with van der Waals surface area (Å²) in [6, 6.07) is 0. The molecule has 6 aliphatic rings. The molecule has 2 nitrogen and oxygen atoms in total. The largest absolute Gasteiger partial charge is 0.393 e. The smallest absolute Gasteiger partial charge is 0.0828 e. The molecule has 5 saturated carbocycles. The first kappa shape index (κ1) is 22.1. The van der Waals surface area contributed by atoms with E-state index < -0.39 is 5.60 Å². The molecule has 0 aromatic carbocycles. The summed E-state index contributed by atoms with van der Waals surface area (Å²) < 4.78 is 0. The second-order valence-corrected chi connectivity index (χ2v) is 15.2. The van der Waals surface area contributed by atoms with Gasteiger partial charge < -0.3 is 10.2 Å². The van der Waals surface area contributed by atoms with Crippen molar-refractivity contribution in [2.24, 2.45) is 56.2 Å². The zero-order chi connectivity index (χ0) is 23.2. The molecule has 2 heteroatoms. The van der Waals surface area contributed by atoms with Crippen LogP contribution in [0.2, 0.25) is 0 Å². The van der Waals surface area contributed by atoms with Gasteiger partial charge in [-0.2, -0.15) is 0 Å². The van der Waals surface area contributed by atoms with Crippen molar-refractivity contribution in [1.29, 1.82) is 0 Å². The van der Waals surface area contributed by atoms with Gasteiger partial charge in [-0.1, -0.05) is 53.7 Å². The molecular formula is C30H48O2. The van der Waals surface area contributed by atoms with Crippen molar-refractivity contribution in [2.45, 2.75) is 118 Å². The SMILES string of the molecule is CC1C2C3CCC45CC4(CCC4C(C)(C)C(O)CCC45C)C3(C)CCC2(C)C=CC1(C)O. The Balaban J connectivity index is 1.42. The van der Waals surface area contributed by atoms with Gasteiger partial charge in [-0.25, -0.2) is 0 Å². The van der Waals surface area contributed by atoms with Crippen LogP contribution in [-0.2, 0) is 0 Å². The maximum absolute atomic E-state index is 11.2. The molecule has 0 aromatic heterocycles. The van der Waals surface area contributed by atoms with Crippen molar-refractivity contribution < 1.29 is 10.2 Å². The summed E-state index contributed by atoms with van der Waals surface area (Å²) >= 11 is 0. The molecule has 0 bridgehead atoms. The van der Waals surface area contributed by atoms with E-state index in [2.05, 4.69) is 53.7 Å². The highest BCUT2D eigenvalue weighted by Crippen LogP contribution is 2.92. The predicted octanol–water partition coefficient (Wildman–Crippen LogP) is 6.75. The van der Waals surface area contributed by atoms with Crippen LogP contribution in [0.5, 0.6) is 0 Å². The van der Waals surface area contributed by atoms with Gasteiger partial charge >= 0.3 is 0 Å². The molecule has 6 aliphatic carbocycles. The van der Waals surface area contributed by atoms with Crippen LogP contribution >= 0.6 is 0 Å². The molecule has 180 valence electrons. The number of hydrogen-bond acceptors (Lipinski definition) is 2. The number of fused-ring (bicyclic) bond motifs is 4. The summed E-state index contributed by atoms with van der Waals surface area (Å²) in [6.07, 6.45) is 16.1. The van der Waals surface area contributed by atoms with Gasteiger partial charge in [-0.15, -0.1) is 0 Å². The van der Waals surface area contributed by atoms with Gasteiger partial charge in [0.05, 0.1) is 11.7 Å². The van der Waals surface area contributed by atoms with Crippen LogP contribution in [0.4, 0.5) is 0 Å². The van der Waals surface area contributed by atoms with Crippen molar-refractivity contribution in [3.05, 3.63) is 12.2 Å². The van der Waals surface area contributed by atoms with E-state index >= 15 is 0 Å². The average Bonchev–Trinajstić information content (AvgIpc) is 3.43. The molecule has 2 N–H and O–H groups in total. The highest BCUT2D eigenvalue weighted by molar-refractivity contribution is 5.35. The van der Waals surface area contributed by atoms with Crippen LogP contribution in [0.3, 0.4) is 0 Å². The van der Waals surface area contributed by atoms with Crippen LogP contribution in [0.15, 0.2) is 12.2 Å². The number of rotatable bonds is 0. The zero-order valence-corrected chi connectivity index (χ0v) is 21.8.